The average molecular weight is 257 g/mol. The molecule has 0 atom stereocenters. The van der Waals surface area contributed by atoms with Gasteiger partial charge >= 0.3 is 0 Å². The summed E-state index contributed by atoms with van der Waals surface area (Å²) in [5.41, 5.74) is 7.87. The van der Waals surface area contributed by atoms with Crippen molar-refractivity contribution in [2.24, 2.45) is 0 Å². The minimum Gasteiger partial charge on any atom is -0.437 e. The molecule has 100 valence electrons. The van der Waals surface area contributed by atoms with Crippen LogP contribution in [0.2, 0.25) is 0 Å². The van der Waals surface area contributed by atoms with Crippen LogP contribution in [0.15, 0.2) is 30.6 Å². The summed E-state index contributed by atoms with van der Waals surface area (Å²) in [5.74, 6) is 1.63. The van der Waals surface area contributed by atoms with E-state index in [-0.39, 0.29) is 5.41 Å². The predicted octanol–water partition coefficient (Wildman–Crippen LogP) is 3.46. The number of rotatable bonds is 2. The Kier molecular flexibility index (Phi) is 3.42. The summed E-state index contributed by atoms with van der Waals surface area (Å²) in [6.07, 6.45) is 3.02. The molecule has 0 unspecified atom stereocenters. The topological polar surface area (TPSA) is 61.0 Å². The third-order valence-corrected chi connectivity index (χ3v) is 2.81. The normalized spacial score (nSPS) is 11.4. The summed E-state index contributed by atoms with van der Waals surface area (Å²) >= 11 is 0. The fourth-order valence-electron chi connectivity index (χ4n) is 1.81. The van der Waals surface area contributed by atoms with Crippen molar-refractivity contribution in [1.29, 1.82) is 0 Å². The van der Waals surface area contributed by atoms with Crippen LogP contribution in [0.4, 0.5) is 5.82 Å². The second-order valence-corrected chi connectivity index (χ2v) is 5.63. The van der Waals surface area contributed by atoms with E-state index in [9.17, 15) is 0 Å². The van der Waals surface area contributed by atoms with Gasteiger partial charge in [0.2, 0.25) is 5.88 Å². The molecular formula is C15H19N3O. The number of ether oxygens (including phenoxy) is 1. The lowest BCUT2D eigenvalue weighted by Crippen LogP contribution is -2.13. The van der Waals surface area contributed by atoms with E-state index in [0.29, 0.717) is 11.7 Å². The van der Waals surface area contributed by atoms with Gasteiger partial charge in [-0.3, -0.25) is 0 Å². The van der Waals surface area contributed by atoms with E-state index < -0.39 is 0 Å². The Morgan fingerprint density at radius 2 is 1.84 bits per heavy atom. The molecule has 4 heteroatoms. The second kappa shape index (κ2) is 4.88. The highest BCUT2D eigenvalue weighted by molar-refractivity contribution is 5.43. The van der Waals surface area contributed by atoms with Crippen LogP contribution in [-0.2, 0) is 5.41 Å². The van der Waals surface area contributed by atoms with Gasteiger partial charge in [0.1, 0.15) is 11.6 Å². The fraction of sp³-hybridized carbons (Fsp3) is 0.333. The van der Waals surface area contributed by atoms with Crippen molar-refractivity contribution < 1.29 is 4.74 Å². The minimum absolute atomic E-state index is 0.00257. The molecule has 2 aromatic rings. The number of nitrogens with two attached hydrogens (primary N) is 1. The summed E-state index contributed by atoms with van der Waals surface area (Å²) in [6.45, 7) is 8.54. The highest BCUT2D eigenvalue weighted by Crippen LogP contribution is 2.34. The van der Waals surface area contributed by atoms with Gasteiger partial charge < -0.3 is 10.5 Å². The second-order valence-electron chi connectivity index (χ2n) is 5.63. The number of aryl methyl sites for hydroxylation is 1. The Morgan fingerprint density at radius 3 is 2.42 bits per heavy atom. The number of nitrogen functional groups attached to an aromatic ring is 1. The van der Waals surface area contributed by atoms with Crippen LogP contribution in [0.25, 0.3) is 0 Å². The van der Waals surface area contributed by atoms with Crippen molar-refractivity contribution in [1.82, 2.24) is 9.97 Å². The molecule has 1 aromatic heterocycles. The lowest BCUT2D eigenvalue weighted by molar-refractivity contribution is 0.437. The first kappa shape index (κ1) is 13.3. The van der Waals surface area contributed by atoms with E-state index in [1.54, 1.807) is 0 Å². The van der Waals surface area contributed by atoms with Crippen LogP contribution in [0.3, 0.4) is 0 Å². The Balaban J connectivity index is 2.37. The van der Waals surface area contributed by atoms with Gasteiger partial charge in [0.25, 0.3) is 0 Å². The third-order valence-electron chi connectivity index (χ3n) is 2.81. The van der Waals surface area contributed by atoms with Crippen LogP contribution in [0.5, 0.6) is 11.6 Å². The lowest BCUT2D eigenvalue weighted by Gasteiger charge is -2.23. The molecule has 0 spiro atoms. The minimum atomic E-state index is 0.00257. The molecule has 0 aliphatic rings. The number of aromatic nitrogens is 2. The van der Waals surface area contributed by atoms with Crippen LogP contribution >= 0.6 is 0 Å². The number of nitrogens with zero attached hydrogens (tertiary/aromatic N) is 2. The molecule has 0 radical (unpaired) electrons. The van der Waals surface area contributed by atoms with Crippen molar-refractivity contribution in [3.63, 3.8) is 0 Å². The van der Waals surface area contributed by atoms with Crippen molar-refractivity contribution in [3.8, 4) is 11.6 Å². The Bertz CT molecular complexity index is 571. The molecule has 2 rings (SSSR count). The molecule has 0 aliphatic heterocycles. The largest absolute Gasteiger partial charge is 0.437 e. The van der Waals surface area contributed by atoms with E-state index >= 15 is 0 Å². The van der Waals surface area contributed by atoms with Gasteiger partial charge in [-0.05, 0) is 18.4 Å². The maximum atomic E-state index is 5.82. The van der Waals surface area contributed by atoms with Crippen LogP contribution in [-0.4, -0.2) is 9.97 Å². The predicted molar refractivity (Wildman–Crippen MR) is 76.4 cm³/mol. The lowest BCUT2D eigenvalue weighted by atomic mass is 9.85. The summed E-state index contributed by atoms with van der Waals surface area (Å²) in [4.78, 5) is 8.08. The standard InChI is InChI=1S/C15H19N3O/c1-10-5-6-12(11(7-10)15(2,3)4)19-14-9-17-13(16)8-18-14/h5-9H,1-4H3,(H2,16,17). The molecule has 0 bridgehead atoms. The zero-order valence-corrected chi connectivity index (χ0v) is 11.8. The van der Waals surface area contributed by atoms with Crippen molar-refractivity contribution in [2.75, 3.05) is 5.73 Å². The van der Waals surface area contributed by atoms with E-state index in [0.717, 1.165) is 11.3 Å². The van der Waals surface area contributed by atoms with Crippen molar-refractivity contribution in [3.05, 3.63) is 41.7 Å². The van der Waals surface area contributed by atoms with Gasteiger partial charge in [0, 0.05) is 5.56 Å². The average Bonchev–Trinajstić information content (AvgIpc) is 2.33. The van der Waals surface area contributed by atoms with Crippen molar-refractivity contribution >= 4 is 5.82 Å². The first-order valence-corrected chi connectivity index (χ1v) is 6.23. The van der Waals surface area contributed by atoms with Gasteiger partial charge in [-0.15, -0.1) is 0 Å². The summed E-state index contributed by atoms with van der Waals surface area (Å²) in [6, 6.07) is 6.13. The molecule has 1 heterocycles. The number of hydrogen-bond acceptors (Lipinski definition) is 4. The van der Waals surface area contributed by atoms with Crippen LogP contribution in [0.1, 0.15) is 31.9 Å². The maximum Gasteiger partial charge on any atom is 0.237 e. The third kappa shape index (κ3) is 3.22. The van der Waals surface area contributed by atoms with Gasteiger partial charge in [-0.25, -0.2) is 9.97 Å². The SMILES string of the molecule is Cc1ccc(Oc2cnc(N)cn2)c(C(C)(C)C)c1. The monoisotopic (exact) mass is 257 g/mol. The molecule has 2 N–H and O–H groups in total. The number of hydrogen-bond donors (Lipinski definition) is 1. The first-order valence-electron chi connectivity index (χ1n) is 6.23. The smallest absolute Gasteiger partial charge is 0.237 e. The molecule has 0 aliphatic carbocycles. The Hall–Kier alpha value is -2.10. The van der Waals surface area contributed by atoms with Crippen LogP contribution in [0, 0.1) is 6.92 Å². The van der Waals surface area contributed by atoms with E-state index in [1.165, 1.54) is 18.0 Å². The molecule has 19 heavy (non-hydrogen) atoms. The molecule has 0 amide bonds. The quantitative estimate of drug-likeness (QED) is 0.895. The zero-order chi connectivity index (χ0) is 14.0. The van der Waals surface area contributed by atoms with Gasteiger partial charge in [-0.1, -0.05) is 38.5 Å². The van der Waals surface area contributed by atoms with Crippen LogP contribution < -0.4 is 10.5 Å². The van der Waals surface area contributed by atoms with Gasteiger partial charge in [-0.2, -0.15) is 0 Å². The molecule has 1 aromatic carbocycles. The Morgan fingerprint density at radius 1 is 1.11 bits per heavy atom. The maximum absolute atomic E-state index is 5.82. The summed E-state index contributed by atoms with van der Waals surface area (Å²) in [5, 5.41) is 0. The fourth-order valence-corrected chi connectivity index (χ4v) is 1.81. The molecule has 0 saturated carbocycles. The molecular weight excluding hydrogens is 238 g/mol. The van der Waals surface area contributed by atoms with E-state index in [4.69, 9.17) is 10.5 Å². The molecule has 4 nitrogen and oxygen atoms in total. The zero-order valence-electron chi connectivity index (χ0n) is 11.8. The highest BCUT2D eigenvalue weighted by Gasteiger charge is 2.19. The summed E-state index contributed by atoms with van der Waals surface area (Å²) in [7, 11) is 0. The number of anilines is 1. The van der Waals surface area contributed by atoms with Gasteiger partial charge in [0.05, 0.1) is 12.4 Å². The van der Waals surface area contributed by atoms with Gasteiger partial charge in [0.15, 0.2) is 0 Å². The van der Waals surface area contributed by atoms with Crippen molar-refractivity contribution in [2.45, 2.75) is 33.1 Å². The Labute approximate surface area is 113 Å². The van der Waals surface area contributed by atoms with E-state index in [1.807, 2.05) is 12.1 Å². The molecule has 0 fully saturated rings. The van der Waals surface area contributed by atoms with E-state index in [2.05, 4.69) is 43.7 Å². The summed E-state index contributed by atoms with van der Waals surface area (Å²) < 4.78 is 5.82. The molecule has 0 saturated heterocycles. The number of benzene rings is 1. The first-order chi connectivity index (χ1) is 8.86. The highest BCUT2D eigenvalue weighted by atomic mass is 16.5.